The van der Waals surface area contributed by atoms with Gasteiger partial charge in [0.2, 0.25) is 11.8 Å². The summed E-state index contributed by atoms with van der Waals surface area (Å²) < 4.78 is 41.9. The van der Waals surface area contributed by atoms with Crippen LogP contribution in [0.4, 0.5) is 24.9 Å². The minimum atomic E-state index is -4.70. The van der Waals surface area contributed by atoms with Gasteiger partial charge in [-0.15, -0.1) is 0 Å². The molecule has 0 atom stereocenters. The van der Waals surface area contributed by atoms with Crippen molar-refractivity contribution in [1.82, 2.24) is 30.1 Å². The maximum absolute atomic E-state index is 12.6. The van der Waals surface area contributed by atoms with Gasteiger partial charge in [0.05, 0.1) is 17.9 Å². The van der Waals surface area contributed by atoms with Gasteiger partial charge in [-0.1, -0.05) is 5.16 Å². The molecule has 0 saturated carbocycles. The number of nitrogens with two attached hydrogens (primary N) is 1. The molecule has 0 radical (unpaired) electrons. The van der Waals surface area contributed by atoms with Gasteiger partial charge in [0.15, 0.2) is 0 Å². The van der Waals surface area contributed by atoms with E-state index in [0.717, 1.165) is 5.56 Å². The van der Waals surface area contributed by atoms with Crippen molar-refractivity contribution in [2.45, 2.75) is 12.7 Å². The number of halogens is 3. The summed E-state index contributed by atoms with van der Waals surface area (Å²) >= 11 is 0. The number of rotatable bonds is 5. The molecule has 4 rings (SSSR count). The molecule has 152 valence electrons. The van der Waals surface area contributed by atoms with Crippen LogP contribution in [-0.2, 0) is 12.7 Å². The van der Waals surface area contributed by atoms with Crippen molar-refractivity contribution < 1.29 is 17.7 Å². The second kappa shape index (κ2) is 7.73. The Bertz CT molecular complexity index is 1150. The van der Waals surface area contributed by atoms with E-state index < -0.39 is 12.1 Å². The number of pyridine rings is 2. The van der Waals surface area contributed by atoms with Gasteiger partial charge in [-0.3, -0.25) is 9.97 Å². The molecule has 4 aromatic heterocycles. The Labute approximate surface area is 167 Å². The van der Waals surface area contributed by atoms with Crippen LogP contribution in [0.3, 0.4) is 0 Å². The van der Waals surface area contributed by atoms with Gasteiger partial charge in [0.25, 0.3) is 0 Å². The molecule has 9 nitrogen and oxygen atoms in total. The van der Waals surface area contributed by atoms with E-state index in [9.17, 15) is 13.2 Å². The maximum Gasteiger partial charge on any atom is 0.471 e. The van der Waals surface area contributed by atoms with Gasteiger partial charge in [-0.05, 0) is 24.3 Å². The molecule has 0 spiro atoms. The van der Waals surface area contributed by atoms with Gasteiger partial charge in [0, 0.05) is 35.8 Å². The highest BCUT2D eigenvalue weighted by atomic mass is 19.4. The van der Waals surface area contributed by atoms with Crippen molar-refractivity contribution in [1.29, 1.82) is 0 Å². The zero-order valence-electron chi connectivity index (χ0n) is 15.1. The molecule has 4 heterocycles. The highest BCUT2D eigenvalue weighted by molar-refractivity contribution is 5.63. The summed E-state index contributed by atoms with van der Waals surface area (Å²) in [6, 6.07) is 8.53. The predicted molar refractivity (Wildman–Crippen MR) is 99.5 cm³/mol. The van der Waals surface area contributed by atoms with E-state index in [1.807, 2.05) is 6.07 Å². The molecule has 0 unspecified atom stereocenters. The van der Waals surface area contributed by atoms with Crippen LogP contribution in [0.25, 0.3) is 22.6 Å². The van der Waals surface area contributed by atoms with E-state index >= 15 is 0 Å². The Morgan fingerprint density at radius 2 is 1.90 bits per heavy atom. The SMILES string of the molecule is Nc1nc(NCc2ccc(-c3noc(C(F)(F)F)n3)cn2)cc(-c2cccnc2)n1. The molecule has 3 N–H and O–H groups in total. The van der Waals surface area contributed by atoms with Crippen LogP contribution in [0.2, 0.25) is 0 Å². The third kappa shape index (κ3) is 4.32. The summed E-state index contributed by atoms with van der Waals surface area (Å²) in [5.74, 6) is -1.02. The number of hydrogen-bond donors (Lipinski definition) is 2. The van der Waals surface area contributed by atoms with E-state index in [4.69, 9.17) is 5.73 Å². The van der Waals surface area contributed by atoms with Crippen LogP contribution < -0.4 is 11.1 Å². The van der Waals surface area contributed by atoms with Crippen LogP contribution in [0.5, 0.6) is 0 Å². The zero-order valence-corrected chi connectivity index (χ0v) is 15.1. The van der Waals surface area contributed by atoms with E-state index in [2.05, 4.69) is 39.9 Å². The largest absolute Gasteiger partial charge is 0.471 e. The quantitative estimate of drug-likeness (QED) is 0.506. The second-order valence-corrected chi connectivity index (χ2v) is 6.05. The van der Waals surface area contributed by atoms with E-state index in [1.54, 1.807) is 36.7 Å². The average Bonchev–Trinajstić information content (AvgIpc) is 3.24. The predicted octanol–water partition coefficient (Wildman–Crippen LogP) is 3.20. The Hall–Kier alpha value is -4.09. The van der Waals surface area contributed by atoms with Gasteiger partial charge in [-0.25, -0.2) is 4.98 Å². The molecule has 0 saturated heterocycles. The van der Waals surface area contributed by atoms with Gasteiger partial charge in [0.1, 0.15) is 5.82 Å². The first-order chi connectivity index (χ1) is 14.4. The minimum absolute atomic E-state index is 0.0970. The van der Waals surface area contributed by atoms with Crippen LogP contribution in [0, 0.1) is 0 Å². The summed E-state index contributed by atoms with van der Waals surface area (Å²) in [4.78, 5) is 19.9. The molecule has 0 aliphatic carbocycles. The van der Waals surface area contributed by atoms with Gasteiger partial charge >= 0.3 is 12.1 Å². The summed E-state index contributed by atoms with van der Waals surface area (Å²) in [5.41, 5.74) is 8.08. The first-order valence-electron chi connectivity index (χ1n) is 8.53. The molecule has 0 aliphatic rings. The number of nitrogen functional groups attached to an aromatic ring is 1. The molecule has 0 bridgehead atoms. The van der Waals surface area contributed by atoms with Gasteiger partial charge in [-0.2, -0.15) is 23.1 Å². The Kier molecular flexibility index (Phi) is 4.96. The standard InChI is InChI=1S/C18H13F3N8O/c19-18(20,21)16-28-15(29-30-16)11-3-4-12(24-8-11)9-25-14-6-13(26-17(22)27-14)10-2-1-5-23-7-10/h1-8H,9H2,(H3,22,25,26,27). The third-order valence-electron chi connectivity index (χ3n) is 3.90. The van der Waals surface area contributed by atoms with E-state index in [1.165, 1.54) is 6.20 Å². The lowest BCUT2D eigenvalue weighted by Crippen LogP contribution is -2.06. The first kappa shape index (κ1) is 19.2. The Morgan fingerprint density at radius 3 is 2.57 bits per heavy atom. The number of aromatic nitrogens is 6. The zero-order chi connectivity index (χ0) is 21.1. The van der Waals surface area contributed by atoms with Crippen LogP contribution in [0.1, 0.15) is 11.6 Å². The van der Waals surface area contributed by atoms with E-state index in [-0.39, 0.29) is 11.8 Å². The summed E-state index contributed by atoms with van der Waals surface area (Å²) in [6.07, 6.45) is -0.0248. The maximum atomic E-state index is 12.6. The van der Waals surface area contributed by atoms with Crippen molar-refractivity contribution >= 4 is 11.8 Å². The number of hydrogen-bond acceptors (Lipinski definition) is 9. The smallest absolute Gasteiger partial charge is 0.368 e. The highest BCUT2D eigenvalue weighted by Crippen LogP contribution is 2.29. The monoisotopic (exact) mass is 414 g/mol. The average molecular weight is 414 g/mol. The second-order valence-electron chi connectivity index (χ2n) is 6.05. The Balaban J connectivity index is 1.46. The molecule has 0 fully saturated rings. The number of anilines is 2. The molecular formula is C18H13F3N8O. The van der Waals surface area contributed by atoms with E-state index in [0.29, 0.717) is 29.3 Å². The van der Waals surface area contributed by atoms with Crippen molar-refractivity contribution in [2.75, 3.05) is 11.1 Å². The fourth-order valence-corrected chi connectivity index (χ4v) is 2.52. The van der Waals surface area contributed by atoms with Gasteiger partial charge < -0.3 is 15.6 Å². The summed E-state index contributed by atoms with van der Waals surface area (Å²) in [7, 11) is 0. The van der Waals surface area contributed by atoms with Crippen molar-refractivity contribution in [3.63, 3.8) is 0 Å². The molecular weight excluding hydrogens is 401 g/mol. The summed E-state index contributed by atoms with van der Waals surface area (Å²) in [5, 5.41) is 6.41. The van der Waals surface area contributed by atoms with Crippen LogP contribution >= 0.6 is 0 Å². The van der Waals surface area contributed by atoms with Crippen LogP contribution in [0.15, 0.2) is 53.4 Å². The normalized spacial score (nSPS) is 11.4. The van der Waals surface area contributed by atoms with Crippen molar-refractivity contribution in [2.24, 2.45) is 0 Å². The highest BCUT2D eigenvalue weighted by Gasteiger charge is 2.38. The Morgan fingerprint density at radius 1 is 1.03 bits per heavy atom. The topological polar surface area (TPSA) is 129 Å². The van der Waals surface area contributed by atoms with Crippen molar-refractivity contribution in [3.05, 3.63) is 60.5 Å². The molecule has 12 heteroatoms. The number of nitrogens with one attached hydrogen (secondary N) is 1. The molecule has 0 aliphatic heterocycles. The van der Waals surface area contributed by atoms with Crippen molar-refractivity contribution in [3.8, 4) is 22.6 Å². The molecule has 30 heavy (non-hydrogen) atoms. The molecule has 0 amide bonds. The number of nitrogens with zero attached hydrogens (tertiary/aromatic N) is 6. The lowest BCUT2D eigenvalue weighted by Gasteiger charge is -2.08. The lowest BCUT2D eigenvalue weighted by atomic mass is 10.2. The lowest BCUT2D eigenvalue weighted by molar-refractivity contribution is -0.159. The van der Waals surface area contributed by atoms with Crippen LogP contribution in [-0.4, -0.2) is 30.1 Å². The minimum Gasteiger partial charge on any atom is -0.368 e. The number of alkyl halides is 3. The first-order valence-corrected chi connectivity index (χ1v) is 8.53. The third-order valence-corrected chi connectivity index (χ3v) is 3.90. The molecule has 0 aromatic carbocycles. The summed E-state index contributed by atoms with van der Waals surface area (Å²) in [6.45, 7) is 0.295. The fourth-order valence-electron chi connectivity index (χ4n) is 2.52. The molecule has 4 aromatic rings. The fraction of sp³-hybridized carbons (Fsp3) is 0.111.